The fourth-order valence-corrected chi connectivity index (χ4v) is 3.81. The Bertz CT molecular complexity index is 1020. The summed E-state index contributed by atoms with van der Waals surface area (Å²) in [6.07, 6.45) is 0. The maximum Gasteiger partial charge on any atom is 0.253 e. The minimum absolute atomic E-state index is 0.110. The third-order valence-electron chi connectivity index (χ3n) is 4.27. The molecule has 3 rings (SSSR count). The van der Waals surface area contributed by atoms with Gasteiger partial charge in [0, 0.05) is 23.2 Å². The van der Waals surface area contributed by atoms with Crippen LogP contribution in [-0.2, 0) is 10.0 Å². The number of hydrazine groups is 1. The molecule has 1 unspecified atom stereocenters. The van der Waals surface area contributed by atoms with Crippen molar-refractivity contribution in [3.05, 3.63) is 101 Å². The van der Waals surface area contributed by atoms with Crippen LogP contribution in [0.2, 0.25) is 5.02 Å². The van der Waals surface area contributed by atoms with Crippen molar-refractivity contribution in [2.45, 2.75) is 10.8 Å². The Labute approximate surface area is 169 Å². The van der Waals surface area contributed by atoms with E-state index in [1.54, 1.807) is 0 Å². The molecule has 3 N–H and O–H groups in total. The third-order valence-corrected chi connectivity index (χ3v) is 5.83. The molecule has 0 saturated heterocycles. The van der Waals surface area contributed by atoms with E-state index in [-0.39, 0.29) is 17.4 Å². The first kappa shape index (κ1) is 20.2. The number of benzene rings is 3. The van der Waals surface area contributed by atoms with Crippen LogP contribution < -0.4 is 10.3 Å². The van der Waals surface area contributed by atoms with Crippen LogP contribution in [0.3, 0.4) is 0 Å². The summed E-state index contributed by atoms with van der Waals surface area (Å²) >= 11 is 5.81. The van der Waals surface area contributed by atoms with E-state index in [4.69, 9.17) is 17.0 Å². The van der Waals surface area contributed by atoms with Gasteiger partial charge in [-0.25, -0.2) is 13.8 Å². The molecular formula is C21H20ClN3O2S. The van der Waals surface area contributed by atoms with Crippen LogP contribution in [0, 0.1) is 5.41 Å². The minimum atomic E-state index is -3.74. The van der Waals surface area contributed by atoms with E-state index in [2.05, 4.69) is 10.3 Å². The van der Waals surface area contributed by atoms with Crippen LogP contribution in [0.25, 0.3) is 0 Å². The quantitative estimate of drug-likeness (QED) is 0.386. The van der Waals surface area contributed by atoms with Crippen molar-refractivity contribution in [2.24, 2.45) is 0 Å². The van der Waals surface area contributed by atoms with Crippen molar-refractivity contribution in [1.29, 1.82) is 5.41 Å². The van der Waals surface area contributed by atoms with Crippen molar-refractivity contribution in [3.8, 4) is 0 Å². The van der Waals surface area contributed by atoms with Crippen LogP contribution in [0.4, 0.5) is 0 Å². The molecular weight excluding hydrogens is 394 g/mol. The lowest BCUT2D eigenvalue weighted by atomic mass is 9.90. The molecule has 0 spiro atoms. The molecule has 0 aromatic heterocycles. The highest BCUT2D eigenvalue weighted by atomic mass is 35.5. The van der Waals surface area contributed by atoms with E-state index in [9.17, 15) is 8.42 Å². The van der Waals surface area contributed by atoms with E-state index in [0.29, 0.717) is 10.7 Å². The van der Waals surface area contributed by atoms with Gasteiger partial charge in [-0.1, -0.05) is 72.3 Å². The largest absolute Gasteiger partial charge is 0.304 e. The van der Waals surface area contributed by atoms with Crippen LogP contribution in [0.15, 0.2) is 89.8 Å². The Morgan fingerprint density at radius 1 is 0.893 bits per heavy atom. The lowest BCUT2D eigenvalue weighted by Crippen LogP contribution is -2.41. The number of nitrogens with one attached hydrogen (secondary N) is 3. The van der Waals surface area contributed by atoms with Gasteiger partial charge in [0.05, 0.1) is 4.90 Å². The molecule has 0 amide bonds. The summed E-state index contributed by atoms with van der Waals surface area (Å²) in [6, 6.07) is 24.9. The summed E-state index contributed by atoms with van der Waals surface area (Å²) in [5, 5.41) is 9.08. The lowest BCUT2D eigenvalue weighted by molar-refractivity contribution is 0.551. The average Bonchev–Trinajstić information content (AvgIpc) is 2.72. The fourth-order valence-electron chi connectivity index (χ4n) is 2.80. The molecule has 0 heterocycles. The van der Waals surface area contributed by atoms with Crippen molar-refractivity contribution in [3.63, 3.8) is 0 Å². The molecule has 1 atom stereocenters. The van der Waals surface area contributed by atoms with Crippen molar-refractivity contribution in [1.82, 2.24) is 10.3 Å². The number of hydrogen-bond donors (Lipinski definition) is 3. The molecule has 0 aliphatic rings. The zero-order valence-electron chi connectivity index (χ0n) is 15.0. The molecule has 28 heavy (non-hydrogen) atoms. The summed E-state index contributed by atoms with van der Waals surface area (Å²) in [6.45, 7) is 0.227. The Morgan fingerprint density at radius 2 is 1.46 bits per heavy atom. The highest BCUT2D eigenvalue weighted by Crippen LogP contribution is 2.20. The van der Waals surface area contributed by atoms with Gasteiger partial charge in [-0.3, -0.25) is 0 Å². The van der Waals surface area contributed by atoms with Crippen LogP contribution >= 0.6 is 11.6 Å². The van der Waals surface area contributed by atoms with Gasteiger partial charge in [0.2, 0.25) is 0 Å². The average molecular weight is 414 g/mol. The topological polar surface area (TPSA) is 82.1 Å². The van der Waals surface area contributed by atoms with Gasteiger partial charge in [-0.15, -0.1) is 4.83 Å². The van der Waals surface area contributed by atoms with Crippen LogP contribution in [0.1, 0.15) is 17.0 Å². The van der Waals surface area contributed by atoms with Crippen LogP contribution in [0.5, 0.6) is 0 Å². The summed E-state index contributed by atoms with van der Waals surface area (Å²) in [5.41, 5.74) is 4.90. The Kier molecular flexibility index (Phi) is 6.59. The normalized spacial score (nSPS) is 12.5. The fraction of sp³-hybridized carbons (Fsp3) is 0.0952. The Balaban J connectivity index is 1.75. The number of sulfonamides is 1. The van der Waals surface area contributed by atoms with Crippen molar-refractivity contribution in [2.75, 3.05) is 6.54 Å². The first-order valence-corrected chi connectivity index (χ1v) is 10.5. The standard InChI is InChI=1S/C21H20ClN3O2S/c22-18-11-13-19(14-12-18)28(26,27)25-24-15-20(16-7-3-1-4-8-16)21(23)17-9-5-2-6-10-17/h1-14,20,23-25H,15H2. The highest BCUT2D eigenvalue weighted by Gasteiger charge is 2.20. The van der Waals surface area contributed by atoms with E-state index in [1.807, 2.05) is 60.7 Å². The van der Waals surface area contributed by atoms with E-state index < -0.39 is 10.0 Å². The zero-order valence-corrected chi connectivity index (χ0v) is 16.5. The van der Waals surface area contributed by atoms with Gasteiger partial charge in [-0.05, 0) is 35.4 Å². The molecule has 3 aromatic carbocycles. The first-order chi connectivity index (χ1) is 13.5. The molecule has 0 fully saturated rings. The van der Waals surface area contributed by atoms with E-state index >= 15 is 0 Å². The maximum absolute atomic E-state index is 12.4. The molecule has 0 saturated carbocycles. The Hall–Kier alpha value is -2.51. The molecule has 0 aliphatic heterocycles. The second-order valence-electron chi connectivity index (χ2n) is 6.18. The van der Waals surface area contributed by atoms with Gasteiger partial charge in [0.1, 0.15) is 0 Å². The Morgan fingerprint density at radius 3 is 2.07 bits per heavy atom. The second kappa shape index (κ2) is 9.12. The van der Waals surface area contributed by atoms with Crippen molar-refractivity contribution < 1.29 is 8.42 Å². The maximum atomic E-state index is 12.4. The smallest absolute Gasteiger partial charge is 0.253 e. The monoisotopic (exact) mass is 413 g/mol. The predicted molar refractivity (Wildman–Crippen MR) is 112 cm³/mol. The first-order valence-electron chi connectivity index (χ1n) is 8.66. The SMILES string of the molecule is N=C(c1ccccc1)C(CNNS(=O)(=O)c1ccc(Cl)cc1)c1ccccc1. The molecule has 5 nitrogen and oxygen atoms in total. The molecule has 7 heteroatoms. The van der Waals surface area contributed by atoms with Crippen molar-refractivity contribution >= 4 is 27.3 Å². The summed E-state index contributed by atoms with van der Waals surface area (Å²) in [4.78, 5) is 2.49. The molecule has 0 bridgehead atoms. The molecule has 0 radical (unpaired) electrons. The van der Waals surface area contributed by atoms with Gasteiger partial charge in [-0.2, -0.15) is 0 Å². The summed E-state index contributed by atoms with van der Waals surface area (Å²) in [5.74, 6) is -0.323. The molecule has 144 valence electrons. The summed E-state index contributed by atoms with van der Waals surface area (Å²) in [7, 11) is -3.74. The predicted octanol–water partition coefficient (Wildman–Crippen LogP) is 3.97. The van der Waals surface area contributed by atoms with Crippen LogP contribution in [-0.4, -0.2) is 20.7 Å². The summed E-state index contributed by atoms with van der Waals surface area (Å²) < 4.78 is 24.9. The number of hydrogen-bond acceptors (Lipinski definition) is 4. The van der Waals surface area contributed by atoms with Gasteiger partial charge in [0.25, 0.3) is 10.0 Å². The van der Waals surface area contributed by atoms with Gasteiger partial charge in [0.15, 0.2) is 0 Å². The lowest BCUT2D eigenvalue weighted by Gasteiger charge is -2.20. The highest BCUT2D eigenvalue weighted by molar-refractivity contribution is 7.89. The molecule has 3 aromatic rings. The van der Waals surface area contributed by atoms with Gasteiger partial charge >= 0.3 is 0 Å². The van der Waals surface area contributed by atoms with E-state index in [1.165, 1.54) is 24.3 Å². The second-order valence-corrected chi connectivity index (χ2v) is 8.30. The van der Waals surface area contributed by atoms with Gasteiger partial charge < -0.3 is 5.41 Å². The van der Waals surface area contributed by atoms with E-state index in [0.717, 1.165) is 11.1 Å². The third kappa shape index (κ3) is 5.05. The number of rotatable bonds is 8. The molecule has 0 aliphatic carbocycles. The minimum Gasteiger partial charge on any atom is -0.304 e. The number of halogens is 1. The zero-order chi connectivity index (χ0) is 20.0.